The Labute approximate surface area is 170 Å². The fraction of sp³-hybridized carbons (Fsp3) is 0.421. The van der Waals surface area contributed by atoms with Gasteiger partial charge in [-0.3, -0.25) is 9.52 Å². The number of piperidine rings is 1. The first kappa shape index (κ1) is 20.1. The minimum absolute atomic E-state index is 0.0182. The third kappa shape index (κ3) is 4.24. The SMILES string of the molecule is CS(=O)(=O)N1C[C@@H]2C[C@H](C1)c1ccc(NS(=O)(=O)Cc3ccccc3)c(=O)n1C2. The molecule has 0 spiro atoms. The molecule has 1 saturated heterocycles. The maximum atomic E-state index is 13.0. The van der Waals surface area contributed by atoms with E-state index in [-0.39, 0.29) is 28.8 Å². The summed E-state index contributed by atoms with van der Waals surface area (Å²) in [5, 5.41) is 0. The fourth-order valence-corrected chi connectivity index (χ4v) is 6.37. The van der Waals surface area contributed by atoms with Crippen LogP contribution in [0.3, 0.4) is 0 Å². The van der Waals surface area contributed by atoms with Crippen molar-refractivity contribution in [3.63, 3.8) is 0 Å². The second-order valence-corrected chi connectivity index (χ2v) is 11.5. The molecular weight excluding hydrogens is 414 g/mol. The summed E-state index contributed by atoms with van der Waals surface area (Å²) in [6.07, 6.45) is 2.02. The smallest absolute Gasteiger partial charge is 0.275 e. The van der Waals surface area contributed by atoms with Crippen molar-refractivity contribution in [3.05, 3.63) is 64.1 Å². The van der Waals surface area contributed by atoms with Gasteiger partial charge in [-0.25, -0.2) is 21.1 Å². The van der Waals surface area contributed by atoms with Crippen molar-refractivity contribution >= 4 is 25.7 Å². The summed E-state index contributed by atoms with van der Waals surface area (Å²) in [5.74, 6) is -0.256. The van der Waals surface area contributed by atoms with Crippen molar-refractivity contribution in [3.8, 4) is 0 Å². The summed E-state index contributed by atoms with van der Waals surface area (Å²) < 4.78 is 54.4. The number of rotatable bonds is 5. The molecule has 0 aliphatic carbocycles. The summed E-state index contributed by atoms with van der Waals surface area (Å²) >= 11 is 0. The first-order valence-electron chi connectivity index (χ1n) is 9.36. The molecule has 2 bridgehead atoms. The summed E-state index contributed by atoms with van der Waals surface area (Å²) in [4.78, 5) is 13.0. The molecule has 10 heteroatoms. The van der Waals surface area contributed by atoms with E-state index in [1.807, 2.05) is 0 Å². The van der Waals surface area contributed by atoms with Crippen LogP contribution in [0.2, 0.25) is 0 Å². The molecule has 1 fully saturated rings. The number of anilines is 1. The van der Waals surface area contributed by atoms with Gasteiger partial charge in [-0.05, 0) is 30.0 Å². The summed E-state index contributed by atoms with van der Waals surface area (Å²) in [7, 11) is -7.02. The van der Waals surface area contributed by atoms with Crippen LogP contribution in [-0.4, -0.2) is 45.1 Å². The lowest BCUT2D eigenvalue weighted by molar-refractivity contribution is 0.187. The van der Waals surface area contributed by atoms with E-state index < -0.39 is 20.0 Å². The molecule has 0 saturated carbocycles. The van der Waals surface area contributed by atoms with Crippen LogP contribution in [0, 0.1) is 5.92 Å². The Balaban J connectivity index is 1.60. The zero-order chi connectivity index (χ0) is 20.8. The maximum Gasteiger partial charge on any atom is 0.275 e. The Morgan fingerprint density at radius 1 is 1.00 bits per heavy atom. The highest BCUT2D eigenvalue weighted by Gasteiger charge is 2.38. The van der Waals surface area contributed by atoms with Gasteiger partial charge < -0.3 is 4.57 Å². The molecule has 0 amide bonds. The summed E-state index contributed by atoms with van der Waals surface area (Å²) in [6, 6.07) is 12.0. The third-order valence-corrected chi connectivity index (χ3v) is 7.99. The number of sulfonamides is 2. The normalized spacial score (nSPS) is 22.1. The van der Waals surface area contributed by atoms with Crippen molar-refractivity contribution < 1.29 is 16.8 Å². The summed E-state index contributed by atoms with van der Waals surface area (Å²) in [5.41, 5.74) is 1.02. The number of fused-ring (bicyclic) bond motifs is 4. The molecule has 156 valence electrons. The lowest BCUT2D eigenvalue weighted by Gasteiger charge is -2.41. The van der Waals surface area contributed by atoms with Gasteiger partial charge in [0.05, 0.1) is 12.0 Å². The van der Waals surface area contributed by atoms with Crippen LogP contribution in [0.5, 0.6) is 0 Å². The van der Waals surface area contributed by atoms with Crippen LogP contribution in [0.15, 0.2) is 47.3 Å². The van der Waals surface area contributed by atoms with Crippen LogP contribution in [0.1, 0.15) is 23.6 Å². The van der Waals surface area contributed by atoms with Crippen LogP contribution < -0.4 is 10.3 Å². The predicted molar refractivity (Wildman–Crippen MR) is 111 cm³/mol. The average Bonchev–Trinajstić information content (AvgIpc) is 2.64. The third-order valence-electron chi connectivity index (χ3n) is 5.50. The number of aromatic nitrogens is 1. The monoisotopic (exact) mass is 437 g/mol. The van der Waals surface area contributed by atoms with Gasteiger partial charge in [0.25, 0.3) is 5.56 Å². The van der Waals surface area contributed by atoms with E-state index in [1.165, 1.54) is 16.6 Å². The molecule has 29 heavy (non-hydrogen) atoms. The first-order chi connectivity index (χ1) is 13.6. The first-order valence-corrected chi connectivity index (χ1v) is 12.9. The molecule has 1 aromatic heterocycles. The number of benzene rings is 1. The van der Waals surface area contributed by atoms with E-state index in [0.717, 1.165) is 12.1 Å². The van der Waals surface area contributed by atoms with Crippen molar-refractivity contribution in [2.45, 2.75) is 24.6 Å². The van der Waals surface area contributed by atoms with Crippen molar-refractivity contribution in [1.82, 2.24) is 8.87 Å². The summed E-state index contributed by atoms with van der Waals surface area (Å²) in [6.45, 7) is 1.10. The van der Waals surface area contributed by atoms with Crippen LogP contribution in [-0.2, 0) is 32.3 Å². The Bertz CT molecular complexity index is 1190. The predicted octanol–water partition coefficient (Wildman–Crippen LogP) is 1.17. The largest absolute Gasteiger partial charge is 0.310 e. The Morgan fingerprint density at radius 2 is 1.72 bits per heavy atom. The Hall–Kier alpha value is -2.17. The number of hydrogen-bond acceptors (Lipinski definition) is 5. The molecule has 1 aromatic carbocycles. The van der Waals surface area contributed by atoms with E-state index in [1.54, 1.807) is 41.0 Å². The molecule has 0 unspecified atom stereocenters. The highest BCUT2D eigenvalue weighted by atomic mass is 32.2. The highest BCUT2D eigenvalue weighted by molar-refractivity contribution is 7.91. The number of pyridine rings is 1. The maximum absolute atomic E-state index is 13.0. The minimum Gasteiger partial charge on any atom is -0.310 e. The molecule has 2 atom stereocenters. The molecule has 2 aromatic rings. The Morgan fingerprint density at radius 3 is 2.41 bits per heavy atom. The number of hydrogen-bond donors (Lipinski definition) is 1. The molecule has 0 radical (unpaired) electrons. The average molecular weight is 438 g/mol. The molecule has 8 nitrogen and oxygen atoms in total. The number of nitrogens with zero attached hydrogens (tertiary/aromatic N) is 2. The fourth-order valence-electron chi connectivity index (χ4n) is 4.25. The Kier molecular flexibility index (Phi) is 5.04. The van der Waals surface area contributed by atoms with E-state index in [0.29, 0.717) is 25.2 Å². The van der Waals surface area contributed by atoms with Gasteiger partial charge in [-0.15, -0.1) is 0 Å². The standard InChI is InChI=1S/C19H23N3O5S2/c1-28(24,25)21-10-15-9-16(12-21)18-8-7-17(19(23)22(18)11-15)20-29(26,27)13-14-5-3-2-4-6-14/h2-8,15-16,20H,9-13H2,1H3/t15-,16+/m0/s1. The molecule has 2 aliphatic heterocycles. The van der Waals surface area contributed by atoms with Crippen LogP contribution >= 0.6 is 0 Å². The van der Waals surface area contributed by atoms with Crippen molar-refractivity contribution in [2.75, 3.05) is 24.1 Å². The minimum atomic E-state index is -3.73. The van der Waals surface area contributed by atoms with E-state index >= 15 is 0 Å². The zero-order valence-corrected chi connectivity index (χ0v) is 17.6. The molecule has 1 N–H and O–H groups in total. The highest BCUT2D eigenvalue weighted by Crippen LogP contribution is 2.36. The van der Waals surface area contributed by atoms with Crippen molar-refractivity contribution in [2.24, 2.45) is 5.92 Å². The van der Waals surface area contributed by atoms with Gasteiger partial charge in [0.15, 0.2) is 0 Å². The lowest BCUT2D eigenvalue weighted by Crippen LogP contribution is -2.49. The van der Waals surface area contributed by atoms with E-state index in [4.69, 9.17) is 0 Å². The second kappa shape index (κ2) is 7.26. The molecular formula is C19H23N3O5S2. The van der Waals surface area contributed by atoms with Crippen molar-refractivity contribution in [1.29, 1.82) is 0 Å². The topological polar surface area (TPSA) is 106 Å². The van der Waals surface area contributed by atoms with Crippen LogP contribution in [0.25, 0.3) is 0 Å². The van der Waals surface area contributed by atoms with Gasteiger partial charge in [0, 0.05) is 31.2 Å². The zero-order valence-electron chi connectivity index (χ0n) is 16.0. The van der Waals surface area contributed by atoms with E-state index in [2.05, 4.69) is 4.72 Å². The van der Waals surface area contributed by atoms with Gasteiger partial charge >= 0.3 is 0 Å². The second-order valence-electron chi connectivity index (χ2n) is 7.81. The molecule has 2 aliphatic rings. The van der Waals surface area contributed by atoms with E-state index in [9.17, 15) is 21.6 Å². The van der Waals surface area contributed by atoms with Gasteiger partial charge in [-0.1, -0.05) is 30.3 Å². The van der Waals surface area contributed by atoms with Gasteiger partial charge in [0.2, 0.25) is 20.0 Å². The lowest BCUT2D eigenvalue weighted by atomic mass is 9.84. The quantitative estimate of drug-likeness (QED) is 0.756. The number of nitrogens with one attached hydrogen (secondary N) is 1. The van der Waals surface area contributed by atoms with Gasteiger partial charge in [0.1, 0.15) is 5.69 Å². The van der Waals surface area contributed by atoms with Crippen LogP contribution in [0.4, 0.5) is 5.69 Å². The molecule has 4 rings (SSSR count). The van der Waals surface area contributed by atoms with Gasteiger partial charge in [-0.2, -0.15) is 0 Å². The molecule has 3 heterocycles.